The lowest BCUT2D eigenvalue weighted by molar-refractivity contribution is -0.143. The molecule has 3 aromatic rings. The molecule has 198 valence electrons. The van der Waals surface area contributed by atoms with Crippen molar-refractivity contribution in [1.82, 2.24) is 0 Å². The summed E-state index contributed by atoms with van der Waals surface area (Å²) in [7, 11) is -3.87. The van der Waals surface area contributed by atoms with Gasteiger partial charge in [-0.2, -0.15) is 13.2 Å². The first-order valence-corrected chi connectivity index (χ1v) is 12.6. The van der Waals surface area contributed by atoms with Crippen molar-refractivity contribution in [3.63, 3.8) is 0 Å². The Bertz CT molecular complexity index is 1400. The molecule has 0 radical (unpaired) electrons. The van der Waals surface area contributed by atoms with Crippen LogP contribution in [0.1, 0.15) is 18.1 Å². The van der Waals surface area contributed by atoms with Gasteiger partial charge in [0, 0.05) is 10.6 Å². The first-order valence-electron chi connectivity index (χ1n) is 10.2. The molecule has 0 aromatic heterocycles. The number of carbonyl (C=O) groups excluding carboxylic acids is 1. The normalized spacial score (nSPS) is 12.8. The molecule has 1 amide bonds. The molecule has 0 heterocycles. The summed E-state index contributed by atoms with van der Waals surface area (Å²) >= 11 is 0.821. The topological polar surface area (TPSA) is 75.3 Å². The maximum Gasteiger partial charge on any atom is 0.422 e. The molecule has 1 atom stereocenters. The van der Waals surface area contributed by atoms with Crippen LogP contribution in [0.4, 0.5) is 42.1 Å². The van der Waals surface area contributed by atoms with Crippen molar-refractivity contribution in [2.45, 2.75) is 35.1 Å². The Morgan fingerprint density at radius 3 is 1.86 bits per heavy atom. The van der Waals surface area contributed by atoms with E-state index in [2.05, 4.69) is 4.72 Å². The molecule has 2 N–H and O–H groups in total. The predicted octanol–water partition coefficient (Wildman–Crippen LogP) is 6.49. The average Bonchev–Trinajstić information content (AvgIpc) is 2.81. The highest BCUT2D eigenvalue weighted by molar-refractivity contribution is 8.00. The molecule has 37 heavy (non-hydrogen) atoms. The van der Waals surface area contributed by atoms with Crippen LogP contribution in [0.15, 0.2) is 58.3 Å². The molecule has 3 aromatic carbocycles. The highest BCUT2D eigenvalue weighted by atomic mass is 32.2. The van der Waals surface area contributed by atoms with Gasteiger partial charge in [-0.25, -0.2) is 26.0 Å². The summed E-state index contributed by atoms with van der Waals surface area (Å²) in [6.45, 7) is 3.06. The molecule has 1 unspecified atom stereocenters. The molecule has 3 rings (SSSR count). The molecule has 0 saturated heterocycles. The van der Waals surface area contributed by atoms with Crippen LogP contribution in [-0.2, 0) is 21.0 Å². The van der Waals surface area contributed by atoms with Gasteiger partial charge < -0.3 is 5.32 Å². The Morgan fingerprint density at radius 1 is 0.865 bits per heavy atom. The van der Waals surface area contributed by atoms with E-state index >= 15 is 0 Å². The molecule has 0 spiro atoms. The Kier molecular flexibility index (Phi) is 8.12. The van der Waals surface area contributed by atoms with E-state index in [1.807, 2.05) is 0 Å². The summed E-state index contributed by atoms with van der Waals surface area (Å²) in [6.07, 6.45) is -5.71. The van der Waals surface area contributed by atoms with Crippen molar-refractivity contribution in [2.75, 3.05) is 10.0 Å². The van der Waals surface area contributed by atoms with Gasteiger partial charge in [-0.15, -0.1) is 11.8 Å². The minimum absolute atomic E-state index is 0.0393. The summed E-state index contributed by atoms with van der Waals surface area (Å²) in [6, 6.07) is 11.8. The fourth-order valence-corrected chi connectivity index (χ4v) is 4.93. The highest BCUT2D eigenvalue weighted by Gasteiger charge is 2.42. The fraction of sp³-hybridized carbons (Fsp3) is 0.174. The van der Waals surface area contributed by atoms with E-state index in [-0.39, 0.29) is 10.6 Å². The van der Waals surface area contributed by atoms with E-state index < -0.39 is 61.9 Å². The Hall–Kier alpha value is -3.26. The monoisotopic (exact) mass is 566 g/mol. The summed E-state index contributed by atoms with van der Waals surface area (Å²) in [4.78, 5) is 12.8. The molecule has 0 aliphatic heterocycles. The standard InChI is InChI=1S/C23H17F7N2O3S2/c1-11-3-9-15(10-4-11)37(34,35)32-13-5-7-14(8-6-13)36-12(2)22(33)31-21-19(26)17(24)16(23(28,29)30)18(25)20(21)27/h3-10,12,32H,1-2H3,(H,31,33). The van der Waals surface area contributed by atoms with E-state index in [4.69, 9.17) is 0 Å². The number of sulfonamides is 1. The van der Waals surface area contributed by atoms with Crippen molar-refractivity contribution in [3.8, 4) is 0 Å². The number of thioether (sulfide) groups is 1. The number of benzene rings is 3. The second-order valence-corrected chi connectivity index (χ2v) is 10.8. The van der Waals surface area contributed by atoms with Gasteiger partial charge in [0.2, 0.25) is 5.91 Å². The van der Waals surface area contributed by atoms with Gasteiger partial charge in [0.15, 0.2) is 23.3 Å². The van der Waals surface area contributed by atoms with Crippen molar-refractivity contribution >= 4 is 39.1 Å². The van der Waals surface area contributed by atoms with Gasteiger partial charge in [-0.1, -0.05) is 17.7 Å². The van der Waals surface area contributed by atoms with Crippen molar-refractivity contribution < 1.29 is 43.9 Å². The first-order chi connectivity index (χ1) is 17.1. The molecule has 0 bridgehead atoms. The third-order valence-corrected chi connectivity index (χ3v) is 7.42. The van der Waals surface area contributed by atoms with E-state index in [9.17, 15) is 43.9 Å². The van der Waals surface area contributed by atoms with E-state index in [1.54, 1.807) is 24.4 Å². The number of aryl methyl sites for hydroxylation is 1. The number of hydrogen-bond acceptors (Lipinski definition) is 4. The van der Waals surface area contributed by atoms with Crippen LogP contribution in [0.2, 0.25) is 0 Å². The number of amides is 1. The number of nitrogens with one attached hydrogen (secondary N) is 2. The zero-order chi connectivity index (χ0) is 27.7. The quantitative estimate of drug-likeness (QED) is 0.195. The maximum absolute atomic E-state index is 14.0. The van der Waals surface area contributed by atoms with E-state index in [0.29, 0.717) is 4.90 Å². The van der Waals surface area contributed by atoms with Crippen LogP contribution in [-0.4, -0.2) is 19.6 Å². The van der Waals surface area contributed by atoms with Crippen molar-refractivity contribution in [2.24, 2.45) is 0 Å². The summed E-state index contributed by atoms with van der Waals surface area (Å²) < 4.78 is 121. The smallest absolute Gasteiger partial charge is 0.320 e. The molecule has 0 aliphatic carbocycles. The second kappa shape index (κ2) is 10.6. The largest absolute Gasteiger partial charge is 0.422 e. The summed E-state index contributed by atoms with van der Waals surface area (Å²) in [5, 5.41) is 0.438. The number of rotatable bonds is 7. The second-order valence-electron chi connectivity index (χ2n) is 7.70. The van der Waals surface area contributed by atoms with Gasteiger partial charge in [0.25, 0.3) is 10.0 Å². The maximum atomic E-state index is 14.0. The van der Waals surface area contributed by atoms with Crippen LogP contribution >= 0.6 is 11.8 Å². The number of carbonyl (C=O) groups is 1. The van der Waals surface area contributed by atoms with Crippen LogP contribution in [0.3, 0.4) is 0 Å². The van der Waals surface area contributed by atoms with E-state index in [0.717, 1.165) is 17.3 Å². The third-order valence-electron chi connectivity index (χ3n) is 4.91. The molecular formula is C23H17F7N2O3S2. The van der Waals surface area contributed by atoms with E-state index in [1.165, 1.54) is 43.3 Å². The number of anilines is 2. The molecule has 0 aliphatic rings. The minimum Gasteiger partial charge on any atom is -0.320 e. The predicted molar refractivity (Wildman–Crippen MR) is 124 cm³/mol. The molecular weight excluding hydrogens is 549 g/mol. The van der Waals surface area contributed by atoms with Crippen LogP contribution in [0.25, 0.3) is 0 Å². The van der Waals surface area contributed by atoms with Crippen LogP contribution in [0.5, 0.6) is 0 Å². The zero-order valence-corrected chi connectivity index (χ0v) is 20.5. The average molecular weight is 567 g/mol. The van der Waals surface area contributed by atoms with Crippen LogP contribution < -0.4 is 10.0 Å². The van der Waals surface area contributed by atoms with Gasteiger partial charge in [0.1, 0.15) is 11.3 Å². The van der Waals surface area contributed by atoms with Crippen molar-refractivity contribution in [3.05, 3.63) is 82.9 Å². The Morgan fingerprint density at radius 2 is 1.38 bits per heavy atom. The Labute approximate surface area is 211 Å². The van der Waals surface area contributed by atoms with Gasteiger partial charge in [-0.05, 0) is 50.2 Å². The van der Waals surface area contributed by atoms with Gasteiger partial charge in [0.05, 0.1) is 10.1 Å². The first kappa shape index (κ1) is 28.3. The SMILES string of the molecule is Cc1ccc(S(=O)(=O)Nc2ccc(SC(C)C(=O)Nc3c(F)c(F)c(C(F)(F)F)c(F)c3F)cc2)cc1. The fourth-order valence-electron chi connectivity index (χ4n) is 3.01. The van der Waals surface area contributed by atoms with Crippen molar-refractivity contribution in [1.29, 1.82) is 0 Å². The molecule has 5 nitrogen and oxygen atoms in total. The summed E-state index contributed by atoms with van der Waals surface area (Å²) in [5.41, 5.74) is -3.37. The lowest BCUT2D eigenvalue weighted by Crippen LogP contribution is -2.25. The lowest BCUT2D eigenvalue weighted by atomic mass is 10.1. The Balaban J connectivity index is 1.71. The van der Waals surface area contributed by atoms with Gasteiger partial charge in [-0.3, -0.25) is 9.52 Å². The lowest BCUT2D eigenvalue weighted by Gasteiger charge is -2.16. The number of hydrogen-bond donors (Lipinski definition) is 2. The van der Waals surface area contributed by atoms with Crippen LogP contribution in [0, 0.1) is 30.2 Å². The summed E-state index contributed by atoms with van der Waals surface area (Å²) in [5.74, 6) is -11.3. The molecule has 14 heteroatoms. The molecule has 0 saturated carbocycles. The van der Waals surface area contributed by atoms with Gasteiger partial charge >= 0.3 is 6.18 Å². The molecule has 0 fully saturated rings. The number of alkyl halides is 3. The highest BCUT2D eigenvalue weighted by Crippen LogP contribution is 2.38. The number of halogens is 7. The third kappa shape index (κ3) is 6.36. The minimum atomic E-state index is -5.71. The zero-order valence-electron chi connectivity index (χ0n) is 18.9.